The Morgan fingerprint density at radius 3 is 2.62 bits per heavy atom. The molecule has 0 bridgehead atoms. The first-order valence-electron chi connectivity index (χ1n) is 7.15. The number of benzene rings is 1. The smallest absolute Gasteiger partial charge is 0.317 e. The van der Waals surface area contributed by atoms with Crippen molar-refractivity contribution in [3.8, 4) is 5.69 Å². The summed E-state index contributed by atoms with van der Waals surface area (Å²) in [7, 11) is 0. The van der Waals surface area contributed by atoms with Crippen molar-refractivity contribution in [2.24, 2.45) is 0 Å². The van der Waals surface area contributed by atoms with Gasteiger partial charge in [0.25, 0.3) is 0 Å². The zero-order valence-electron chi connectivity index (χ0n) is 12.4. The van der Waals surface area contributed by atoms with Crippen molar-refractivity contribution >= 4 is 5.97 Å². The van der Waals surface area contributed by atoms with E-state index in [2.05, 4.69) is 18.9 Å². The van der Waals surface area contributed by atoms with Crippen molar-refractivity contribution in [3.05, 3.63) is 48.3 Å². The van der Waals surface area contributed by atoms with E-state index in [0.29, 0.717) is 6.54 Å². The van der Waals surface area contributed by atoms with Gasteiger partial charge < -0.3 is 5.11 Å². The molecule has 112 valence electrons. The molecule has 2 rings (SSSR count). The summed E-state index contributed by atoms with van der Waals surface area (Å²) in [6, 6.07) is 10.2. The Morgan fingerprint density at radius 2 is 2.10 bits per heavy atom. The summed E-state index contributed by atoms with van der Waals surface area (Å²) < 4.78 is 1.80. The van der Waals surface area contributed by atoms with Gasteiger partial charge in [0.15, 0.2) is 0 Å². The molecule has 5 nitrogen and oxygen atoms in total. The highest BCUT2D eigenvalue weighted by atomic mass is 16.4. The van der Waals surface area contributed by atoms with Crippen LogP contribution in [0.2, 0.25) is 0 Å². The van der Waals surface area contributed by atoms with Crippen molar-refractivity contribution in [2.75, 3.05) is 6.54 Å². The van der Waals surface area contributed by atoms with E-state index in [1.54, 1.807) is 10.9 Å². The third-order valence-electron chi connectivity index (χ3n) is 3.64. The van der Waals surface area contributed by atoms with Gasteiger partial charge in [-0.05, 0) is 37.1 Å². The highest BCUT2D eigenvalue weighted by molar-refractivity contribution is 5.69. The van der Waals surface area contributed by atoms with Crippen molar-refractivity contribution in [1.29, 1.82) is 0 Å². The van der Waals surface area contributed by atoms with Crippen LogP contribution >= 0.6 is 0 Å². The maximum absolute atomic E-state index is 11.0. The summed E-state index contributed by atoms with van der Waals surface area (Å²) in [5, 5.41) is 13.2. The molecule has 0 amide bonds. The molecule has 1 N–H and O–H groups in total. The molecule has 2 aromatic rings. The van der Waals surface area contributed by atoms with E-state index in [1.165, 1.54) is 0 Å². The van der Waals surface area contributed by atoms with Crippen LogP contribution in [0.3, 0.4) is 0 Å². The monoisotopic (exact) mass is 287 g/mol. The number of aromatic nitrogens is 2. The predicted molar refractivity (Wildman–Crippen MR) is 81.4 cm³/mol. The Morgan fingerprint density at radius 1 is 1.38 bits per heavy atom. The van der Waals surface area contributed by atoms with Crippen LogP contribution in [0.4, 0.5) is 0 Å². The second kappa shape index (κ2) is 7.04. The largest absolute Gasteiger partial charge is 0.480 e. The minimum Gasteiger partial charge on any atom is -0.480 e. The highest BCUT2D eigenvalue weighted by Crippen LogP contribution is 2.13. The number of aliphatic carboxylic acids is 1. The van der Waals surface area contributed by atoms with Crippen LogP contribution in [0.1, 0.15) is 25.8 Å². The molecule has 1 atom stereocenters. The fourth-order valence-corrected chi connectivity index (χ4v) is 2.21. The molecule has 0 aliphatic heterocycles. The predicted octanol–water partition coefficient (Wildman–Crippen LogP) is 2.56. The third kappa shape index (κ3) is 4.16. The van der Waals surface area contributed by atoms with E-state index in [4.69, 9.17) is 5.11 Å². The SMILES string of the molecule is CCC(C)N(CC(=O)O)Cc1ccc(-n2cccn2)cc1. The van der Waals surface area contributed by atoms with Gasteiger partial charge in [-0.3, -0.25) is 9.69 Å². The molecule has 0 aliphatic rings. The number of nitrogens with zero attached hydrogens (tertiary/aromatic N) is 3. The van der Waals surface area contributed by atoms with Gasteiger partial charge >= 0.3 is 5.97 Å². The zero-order valence-corrected chi connectivity index (χ0v) is 12.4. The molecule has 0 fully saturated rings. The fraction of sp³-hybridized carbons (Fsp3) is 0.375. The Balaban J connectivity index is 2.08. The lowest BCUT2D eigenvalue weighted by Gasteiger charge is -2.26. The minimum atomic E-state index is -0.788. The van der Waals surface area contributed by atoms with Crippen LogP contribution < -0.4 is 0 Å². The molecule has 1 unspecified atom stereocenters. The van der Waals surface area contributed by atoms with E-state index in [-0.39, 0.29) is 12.6 Å². The highest BCUT2D eigenvalue weighted by Gasteiger charge is 2.15. The molecule has 0 radical (unpaired) electrons. The Kier molecular flexibility index (Phi) is 5.11. The summed E-state index contributed by atoms with van der Waals surface area (Å²) in [5.74, 6) is -0.788. The van der Waals surface area contributed by atoms with E-state index in [9.17, 15) is 4.79 Å². The molecular formula is C16H21N3O2. The first kappa shape index (κ1) is 15.3. The molecule has 1 aromatic heterocycles. The number of carboxylic acids is 1. The lowest BCUT2D eigenvalue weighted by atomic mass is 10.1. The molecule has 21 heavy (non-hydrogen) atoms. The van der Waals surface area contributed by atoms with Gasteiger partial charge in [0.05, 0.1) is 12.2 Å². The van der Waals surface area contributed by atoms with Gasteiger partial charge in [-0.25, -0.2) is 4.68 Å². The Bertz CT molecular complexity index is 564. The zero-order chi connectivity index (χ0) is 15.2. The van der Waals surface area contributed by atoms with Crippen LogP contribution in [0.15, 0.2) is 42.7 Å². The summed E-state index contributed by atoms with van der Waals surface area (Å²) in [4.78, 5) is 13.0. The van der Waals surface area contributed by atoms with Crippen LogP contribution in [0.5, 0.6) is 0 Å². The number of hydrogen-bond acceptors (Lipinski definition) is 3. The van der Waals surface area contributed by atoms with E-state index >= 15 is 0 Å². The van der Waals surface area contributed by atoms with Gasteiger partial charge in [-0.15, -0.1) is 0 Å². The molecule has 1 aromatic carbocycles. The number of rotatable bonds is 7. The van der Waals surface area contributed by atoms with E-state index in [1.807, 2.05) is 41.4 Å². The van der Waals surface area contributed by atoms with Crippen molar-refractivity contribution in [2.45, 2.75) is 32.9 Å². The lowest BCUT2D eigenvalue weighted by Crippen LogP contribution is -2.36. The quantitative estimate of drug-likeness (QED) is 0.850. The van der Waals surface area contributed by atoms with Crippen molar-refractivity contribution < 1.29 is 9.90 Å². The van der Waals surface area contributed by atoms with E-state index < -0.39 is 5.97 Å². The molecular weight excluding hydrogens is 266 g/mol. The number of carbonyl (C=O) groups is 1. The van der Waals surface area contributed by atoms with E-state index in [0.717, 1.165) is 17.7 Å². The van der Waals surface area contributed by atoms with Crippen molar-refractivity contribution in [1.82, 2.24) is 14.7 Å². The van der Waals surface area contributed by atoms with Gasteiger partial charge in [-0.1, -0.05) is 19.1 Å². The van der Waals surface area contributed by atoms with Crippen LogP contribution in [-0.2, 0) is 11.3 Å². The molecule has 0 saturated carbocycles. The average Bonchev–Trinajstić information content (AvgIpc) is 3.00. The number of hydrogen-bond donors (Lipinski definition) is 1. The summed E-state index contributed by atoms with van der Waals surface area (Å²) >= 11 is 0. The Labute approximate surface area is 124 Å². The normalized spacial score (nSPS) is 12.5. The maximum atomic E-state index is 11.0. The third-order valence-corrected chi connectivity index (χ3v) is 3.64. The van der Waals surface area contributed by atoms with Crippen LogP contribution in [0, 0.1) is 0 Å². The first-order valence-corrected chi connectivity index (χ1v) is 7.15. The topological polar surface area (TPSA) is 58.4 Å². The van der Waals surface area contributed by atoms with Crippen LogP contribution in [0.25, 0.3) is 5.69 Å². The second-order valence-electron chi connectivity index (χ2n) is 5.17. The lowest BCUT2D eigenvalue weighted by molar-refractivity contribution is -0.139. The van der Waals surface area contributed by atoms with Gasteiger partial charge in [-0.2, -0.15) is 5.10 Å². The Hall–Kier alpha value is -2.14. The second-order valence-corrected chi connectivity index (χ2v) is 5.17. The van der Waals surface area contributed by atoms with Gasteiger partial charge in [0.1, 0.15) is 0 Å². The fourth-order valence-electron chi connectivity index (χ4n) is 2.21. The molecule has 5 heteroatoms. The summed E-state index contributed by atoms with van der Waals surface area (Å²) in [6.45, 7) is 4.83. The number of carboxylic acid groups (broad SMARTS) is 1. The molecule has 0 saturated heterocycles. The van der Waals surface area contributed by atoms with Crippen LogP contribution in [-0.4, -0.2) is 38.3 Å². The minimum absolute atomic E-state index is 0.0654. The molecule has 1 heterocycles. The standard InChI is InChI=1S/C16H21N3O2/c1-3-13(2)18(12-16(20)21)11-14-5-7-15(8-6-14)19-10-4-9-17-19/h4-10,13H,3,11-12H2,1-2H3,(H,20,21). The first-order chi connectivity index (χ1) is 10.1. The molecule has 0 aliphatic carbocycles. The van der Waals surface area contributed by atoms with Gasteiger partial charge in [0, 0.05) is 25.0 Å². The molecule has 0 spiro atoms. The summed E-state index contributed by atoms with van der Waals surface area (Å²) in [5.41, 5.74) is 2.10. The van der Waals surface area contributed by atoms with Gasteiger partial charge in [0.2, 0.25) is 0 Å². The van der Waals surface area contributed by atoms with Crippen molar-refractivity contribution in [3.63, 3.8) is 0 Å². The average molecular weight is 287 g/mol. The summed E-state index contributed by atoms with van der Waals surface area (Å²) in [6.07, 6.45) is 4.56. The maximum Gasteiger partial charge on any atom is 0.317 e.